The predicted molar refractivity (Wildman–Crippen MR) is 115 cm³/mol. The van der Waals surface area contributed by atoms with E-state index in [2.05, 4.69) is 67.1 Å². The summed E-state index contributed by atoms with van der Waals surface area (Å²) in [5.74, 6) is -0.352. The number of amides is 1. The first-order valence-electron chi connectivity index (χ1n) is 8.21. The third-order valence-electron chi connectivity index (χ3n) is 4.16. The molecule has 0 saturated heterocycles. The molecule has 0 aliphatic carbocycles. The Bertz CT molecular complexity index is 1010. The summed E-state index contributed by atoms with van der Waals surface area (Å²) in [4.78, 5) is 22.5. The molecule has 3 aromatic rings. The van der Waals surface area contributed by atoms with E-state index in [1.165, 1.54) is 27.8 Å². The van der Waals surface area contributed by atoms with Gasteiger partial charge >= 0.3 is 0 Å². The molecule has 1 amide bonds. The number of benzene rings is 2. The molecule has 27 heavy (non-hydrogen) atoms. The molecule has 0 aliphatic rings. The Hall–Kier alpha value is -2.81. The van der Waals surface area contributed by atoms with Gasteiger partial charge in [0.2, 0.25) is 0 Å². The Kier molecular flexibility index (Phi) is 5.80. The van der Waals surface area contributed by atoms with Crippen LogP contribution in [0.2, 0.25) is 0 Å². The van der Waals surface area contributed by atoms with Crippen LogP contribution in [-0.4, -0.2) is 16.7 Å². The molecule has 0 unspecified atom stereocenters. The molecular formula is C20H17IN4O2. The van der Waals surface area contributed by atoms with Crippen molar-refractivity contribution in [3.63, 3.8) is 0 Å². The Morgan fingerprint density at radius 1 is 1.07 bits per heavy atom. The number of hydrogen-bond acceptors (Lipinski definition) is 4. The highest BCUT2D eigenvalue weighted by Gasteiger charge is 2.10. The second kappa shape index (κ2) is 8.26. The summed E-state index contributed by atoms with van der Waals surface area (Å²) in [5, 5.41) is 6.87. The van der Waals surface area contributed by atoms with Gasteiger partial charge in [-0.05, 0) is 96.2 Å². The topological polar surface area (TPSA) is 75.8 Å². The van der Waals surface area contributed by atoms with E-state index in [-0.39, 0.29) is 11.6 Å². The van der Waals surface area contributed by atoms with Crippen LogP contribution in [0.25, 0.3) is 5.69 Å². The summed E-state index contributed by atoms with van der Waals surface area (Å²) >= 11 is 2.28. The summed E-state index contributed by atoms with van der Waals surface area (Å²) < 4.78 is 3.32. The zero-order valence-electron chi connectivity index (χ0n) is 14.8. The van der Waals surface area contributed by atoms with Crippen molar-refractivity contribution < 1.29 is 4.79 Å². The highest BCUT2D eigenvalue weighted by atomic mass is 127. The number of hydrazone groups is 1. The first kappa shape index (κ1) is 19.0. The zero-order valence-corrected chi connectivity index (χ0v) is 17.0. The van der Waals surface area contributed by atoms with Crippen molar-refractivity contribution in [2.75, 3.05) is 0 Å². The van der Waals surface area contributed by atoms with Crippen LogP contribution in [0.15, 0.2) is 64.9 Å². The lowest BCUT2D eigenvalue weighted by atomic mass is 10.2. The van der Waals surface area contributed by atoms with Gasteiger partial charge in [0.15, 0.2) is 0 Å². The molecule has 7 heteroatoms. The van der Waals surface area contributed by atoms with Crippen LogP contribution >= 0.6 is 22.6 Å². The van der Waals surface area contributed by atoms with E-state index in [9.17, 15) is 9.70 Å². The number of nitrogens with one attached hydrogen (secondary N) is 1. The third kappa shape index (κ3) is 4.30. The Balaban J connectivity index is 1.75. The maximum Gasteiger partial charge on any atom is 0.271 e. The first-order chi connectivity index (χ1) is 13.0. The van der Waals surface area contributed by atoms with Crippen LogP contribution in [0.1, 0.15) is 27.3 Å². The number of aromatic nitrogens is 1. The fourth-order valence-electron chi connectivity index (χ4n) is 2.80. The van der Waals surface area contributed by atoms with Crippen LogP contribution in [-0.2, 0) is 0 Å². The van der Waals surface area contributed by atoms with Crippen LogP contribution in [0.3, 0.4) is 0 Å². The van der Waals surface area contributed by atoms with Crippen LogP contribution in [0.5, 0.6) is 0 Å². The number of aryl methyl sites for hydroxylation is 1. The number of hydrogen-bond donors (Lipinski definition) is 1. The van der Waals surface area contributed by atoms with Gasteiger partial charge in [-0.25, -0.2) is 5.43 Å². The molecule has 0 bridgehead atoms. The van der Waals surface area contributed by atoms with Gasteiger partial charge in [0, 0.05) is 31.8 Å². The first-order valence-corrected chi connectivity index (χ1v) is 9.29. The maximum atomic E-state index is 12.1. The van der Waals surface area contributed by atoms with E-state index in [0.29, 0.717) is 5.56 Å². The molecule has 6 nitrogen and oxygen atoms in total. The number of halogens is 1. The fraction of sp³-hybridized carbons (Fsp3) is 0.100. The van der Waals surface area contributed by atoms with Gasteiger partial charge in [0.1, 0.15) is 5.69 Å². The SMILES string of the molecule is Cc1cc(/C=N/NC(=O)c2ccc(N=O)cc2)c(C)n1-c1ccc(I)cc1. The third-order valence-corrected chi connectivity index (χ3v) is 4.88. The van der Waals surface area contributed by atoms with Gasteiger partial charge in [0.25, 0.3) is 5.91 Å². The quantitative estimate of drug-likeness (QED) is 0.249. The standard InChI is InChI=1S/C20H17IN4O2/c1-13-11-16(14(2)25(13)19-9-5-17(21)6-10-19)12-22-23-20(26)15-3-7-18(24-27)8-4-15/h3-12H,1-2H3,(H,23,26)/b22-12+. The minimum Gasteiger partial charge on any atom is -0.318 e. The Morgan fingerprint density at radius 2 is 1.74 bits per heavy atom. The largest absolute Gasteiger partial charge is 0.318 e. The number of nitrogens with zero attached hydrogens (tertiary/aromatic N) is 3. The van der Waals surface area contributed by atoms with Crippen LogP contribution in [0.4, 0.5) is 5.69 Å². The lowest BCUT2D eigenvalue weighted by molar-refractivity contribution is 0.0955. The molecule has 1 aromatic heterocycles. The second-order valence-electron chi connectivity index (χ2n) is 5.98. The van der Waals surface area contributed by atoms with E-state index in [1.54, 1.807) is 6.21 Å². The van der Waals surface area contributed by atoms with Gasteiger partial charge < -0.3 is 4.57 Å². The van der Waals surface area contributed by atoms with Crippen molar-refractivity contribution in [2.45, 2.75) is 13.8 Å². The summed E-state index contributed by atoms with van der Waals surface area (Å²) in [5.41, 5.74) is 7.30. The smallest absolute Gasteiger partial charge is 0.271 e. The number of carbonyl (C=O) groups excluding carboxylic acids is 1. The molecule has 136 valence electrons. The Labute approximate surface area is 170 Å². The molecule has 0 saturated carbocycles. The van der Waals surface area contributed by atoms with Gasteiger partial charge in [0.05, 0.1) is 6.21 Å². The normalized spacial score (nSPS) is 10.9. The summed E-state index contributed by atoms with van der Waals surface area (Å²) in [6.07, 6.45) is 1.63. The van der Waals surface area contributed by atoms with Crippen molar-refractivity contribution in [1.29, 1.82) is 0 Å². The van der Waals surface area contributed by atoms with Crippen molar-refractivity contribution >= 4 is 40.4 Å². The summed E-state index contributed by atoms with van der Waals surface area (Å²) in [6.45, 7) is 4.04. The minimum atomic E-state index is -0.352. The molecular weight excluding hydrogens is 455 g/mol. The molecule has 0 aliphatic heterocycles. The monoisotopic (exact) mass is 472 g/mol. The molecule has 1 N–H and O–H groups in total. The molecule has 0 fully saturated rings. The van der Waals surface area contributed by atoms with Crippen LogP contribution in [0, 0.1) is 22.3 Å². The van der Waals surface area contributed by atoms with Crippen LogP contribution < -0.4 is 5.43 Å². The fourth-order valence-corrected chi connectivity index (χ4v) is 3.16. The second-order valence-corrected chi connectivity index (χ2v) is 7.22. The Morgan fingerprint density at radius 3 is 2.37 bits per heavy atom. The molecule has 1 heterocycles. The molecule has 0 atom stereocenters. The highest BCUT2D eigenvalue weighted by Crippen LogP contribution is 2.20. The van der Waals surface area contributed by atoms with Crippen molar-refractivity contribution in [2.24, 2.45) is 10.3 Å². The van der Waals surface area contributed by atoms with Gasteiger partial charge in [-0.15, -0.1) is 4.91 Å². The van der Waals surface area contributed by atoms with E-state index in [0.717, 1.165) is 22.6 Å². The van der Waals surface area contributed by atoms with Crippen molar-refractivity contribution in [3.05, 3.63) is 85.6 Å². The lowest BCUT2D eigenvalue weighted by Crippen LogP contribution is -2.17. The van der Waals surface area contributed by atoms with Crippen molar-refractivity contribution in [1.82, 2.24) is 9.99 Å². The molecule has 0 radical (unpaired) electrons. The van der Waals surface area contributed by atoms with Crippen molar-refractivity contribution in [3.8, 4) is 5.69 Å². The maximum absolute atomic E-state index is 12.1. The highest BCUT2D eigenvalue weighted by molar-refractivity contribution is 14.1. The average Bonchev–Trinajstić information content (AvgIpc) is 2.96. The zero-order chi connectivity index (χ0) is 19.4. The summed E-state index contributed by atoms with van der Waals surface area (Å²) in [7, 11) is 0. The summed E-state index contributed by atoms with van der Waals surface area (Å²) in [6, 6.07) is 16.3. The van der Waals surface area contributed by atoms with Gasteiger partial charge in [-0.1, -0.05) is 0 Å². The minimum absolute atomic E-state index is 0.276. The molecule has 0 spiro atoms. The van der Waals surface area contributed by atoms with Gasteiger partial charge in [-0.2, -0.15) is 5.10 Å². The predicted octanol–water partition coefficient (Wildman–Crippen LogP) is 4.86. The number of rotatable bonds is 5. The number of nitroso groups, excluding NO2 is 1. The van der Waals surface area contributed by atoms with E-state index < -0.39 is 0 Å². The van der Waals surface area contributed by atoms with E-state index >= 15 is 0 Å². The van der Waals surface area contributed by atoms with Gasteiger partial charge in [-0.3, -0.25) is 4.79 Å². The molecule has 2 aromatic carbocycles. The number of carbonyl (C=O) groups is 1. The van der Waals surface area contributed by atoms with E-state index in [1.807, 2.05) is 19.9 Å². The average molecular weight is 472 g/mol. The van der Waals surface area contributed by atoms with E-state index in [4.69, 9.17) is 0 Å². The lowest BCUT2D eigenvalue weighted by Gasteiger charge is -2.09. The molecule has 3 rings (SSSR count).